The summed E-state index contributed by atoms with van der Waals surface area (Å²) in [6, 6.07) is 13.9. The van der Waals surface area contributed by atoms with E-state index in [2.05, 4.69) is 34.3 Å². The lowest BCUT2D eigenvalue weighted by molar-refractivity contribution is 0.102. The maximum atomic E-state index is 13.4. The fourth-order valence-electron chi connectivity index (χ4n) is 3.93. The van der Waals surface area contributed by atoms with Crippen molar-refractivity contribution in [3.8, 4) is 11.3 Å². The number of nitrogens with one attached hydrogen (secondary N) is 1. The Bertz CT molecular complexity index is 1460. The average molecular weight is 440 g/mol. The minimum atomic E-state index is -0.236. The zero-order valence-electron chi connectivity index (χ0n) is 19.0. The number of anilines is 1. The Morgan fingerprint density at radius 1 is 0.879 bits per heavy atom. The van der Waals surface area contributed by atoms with Gasteiger partial charge in [-0.2, -0.15) is 10.2 Å². The second-order valence-corrected chi connectivity index (χ2v) is 8.62. The van der Waals surface area contributed by atoms with Crippen LogP contribution in [0.5, 0.6) is 0 Å². The lowest BCUT2D eigenvalue weighted by Crippen LogP contribution is -2.14. The Labute approximate surface area is 191 Å². The molecule has 5 aromatic rings. The minimum Gasteiger partial charge on any atom is -0.321 e. The van der Waals surface area contributed by atoms with Gasteiger partial charge in [0.05, 0.1) is 40.9 Å². The lowest BCUT2D eigenvalue weighted by Gasteiger charge is -2.11. The van der Waals surface area contributed by atoms with Gasteiger partial charge in [-0.25, -0.2) is 19.3 Å². The Kier molecular flexibility index (Phi) is 5.12. The Balaban J connectivity index is 1.57. The van der Waals surface area contributed by atoms with Crippen LogP contribution >= 0.6 is 0 Å². The number of fused-ring (bicyclic) bond motifs is 2. The average Bonchev–Trinajstić information content (AvgIpc) is 3.43. The number of benzene rings is 1. The highest BCUT2D eigenvalue weighted by atomic mass is 16.1. The highest BCUT2D eigenvalue weighted by molar-refractivity contribution is 6.13. The van der Waals surface area contributed by atoms with Gasteiger partial charge in [0.25, 0.3) is 5.91 Å². The predicted molar refractivity (Wildman–Crippen MR) is 129 cm³/mol. The maximum absolute atomic E-state index is 13.4. The smallest absolute Gasteiger partial charge is 0.256 e. The van der Waals surface area contributed by atoms with Crippen molar-refractivity contribution in [2.75, 3.05) is 5.32 Å². The standard InChI is InChI=1S/C25H25N7O/c1-15(2)31-23-18(12-27-31)10-19(13-26-23)29-25(33)20-11-22(17-8-6-5-7-9-17)30-24-21(20)14-28-32(24)16(3)4/h5-16H,1-4H3,(H,29,33). The zero-order valence-corrected chi connectivity index (χ0v) is 19.0. The third-order valence-corrected chi connectivity index (χ3v) is 5.55. The quantitative estimate of drug-likeness (QED) is 0.403. The molecule has 1 aromatic carbocycles. The van der Waals surface area contributed by atoms with Gasteiger partial charge in [0.1, 0.15) is 0 Å². The van der Waals surface area contributed by atoms with Gasteiger partial charge in [-0.1, -0.05) is 30.3 Å². The van der Waals surface area contributed by atoms with E-state index < -0.39 is 0 Å². The SMILES string of the molecule is CC(C)n1ncc2cc(NC(=O)c3cc(-c4ccccc4)nc4c3cnn4C(C)C)cnc21. The van der Waals surface area contributed by atoms with Gasteiger partial charge in [-0.15, -0.1) is 0 Å². The maximum Gasteiger partial charge on any atom is 0.256 e. The highest BCUT2D eigenvalue weighted by Gasteiger charge is 2.19. The van der Waals surface area contributed by atoms with Gasteiger partial charge in [0, 0.05) is 23.0 Å². The van der Waals surface area contributed by atoms with Gasteiger partial charge >= 0.3 is 0 Å². The van der Waals surface area contributed by atoms with E-state index in [9.17, 15) is 4.79 Å². The number of aromatic nitrogens is 6. The Morgan fingerprint density at radius 3 is 2.30 bits per heavy atom. The summed E-state index contributed by atoms with van der Waals surface area (Å²) in [4.78, 5) is 22.8. The van der Waals surface area contributed by atoms with Crippen LogP contribution in [0, 0.1) is 0 Å². The van der Waals surface area contributed by atoms with Crippen molar-refractivity contribution in [3.63, 3.8) is 0 Å². The Morgan fingerprint density at radius 2 is 1.58 bits per heavy atom. The van der Waals surface area contributed by atoms with Crippen LogP contribution in [0.25, 0.3) is 33.3 Å². The van der Waals surface area contributed by atoms with Gasteiger partial charge in [0.2, 0.25) is 0 Å². The first kappa shape index (κ1) is 20.8. The molecule has 1 amide bonds. The van der Waals surface area contributed by atoms with E-state index in [0.29, 0.717) is 22.3 Å². The van der Waals surface area contributed by atoms with Crippen molar-refractivity contribution in [1.29, 1.82) is 0 Å². The molecule has 8 heteroatoms. The first-order chi connectivity index (χ1) is 15.9. The van der Waals surface area contributed by atoms with Crippen molar-refractivity contribution in [1.82, 2.24) is 29.5 Å². The lowest BCUT2D eigenvalue weighted by atomic mass is 10.1. The third kappa shape index (κ3) is 3.73. The first-order valence-corrected chi connectivity index (χ1v) is 11.0. The molecule has 166 valence electrons. The van der Waals surface area contributed by atoms with Crippen LogP contribution in [0.4, 0.5) is 5.69 Å². The number of carbonyl (C=O) groups excluding carboxylic acids is 1. The van der Waals surface area contributed by atoms with Gasteiger partial charge in [0.15, 0.2) is 11.3 Å². The number of nitrogens with zero attached hydrogens (tertiary/aromatic N) is 6. The molecule has 0 saturated heterocycles. The number of hydrogen-bond acceptors (Lipinski definition) is 5. The molecule has 0 fully saturated rings. The van der Waals surface area contributed by atoms with E-state index in [4.69, 9.17) is 4.98 Å². The van der Waals surface area contributed by atoms with Crippen LogP contribution in [0.15, 0.2) is 61.1 Å². The molecule has 1 N–H and O–H groups in total. The Hall–Kier alpha value is -4.07. The fourth-order valence-corrected chi connectivity index (χ4v) is 3.93. The molecule has 8 nitrogen and oxygen atoms in total. The molecule has 0 unspecified atom stereocenters. The molecule has 0 spiro atoms. The van der Waals surface area contributed by atoms with Crippen LogP contribution in [0.2, 0.25) is 0 Å². The predicted octanol–water partition coefficient (Wildman–Crippen LogP) is 5.26. The minimum absolute atomic E-state index is 0.112. The van der Waals surface area contributed by atoms with E-state index >= 15 is 0 Å². The molecule has 0 aliphatic rings. The van der Waals surface area contributed by atoms with Crippen LogP contribution in [-0.4, -0.2) is 35.4 Å². The van der Waals surface area contributed by atoms with E-state index in [1.54, 1.807) is 18.6 Å². The summed E-state index contributed by atoms with van der Waals surface area (Å²) in [7, 11) is 0. The second kappa shape index (κ2) is 8.12. The van der Waals surface area contributed by atoms with E-state index in [0.717, 1.165) is 22.3 Å². The van der Waals surface area contributed by atoms with Gasteiger partial charge < -0.3 is 5.32 Å². The van der Waals surface area contributed by atoms with E-state index in [-0.39, 0.29) is 18.0 Å². The molecule has 4 aromatic heterocycles. The summed E-state index contributed by atoms with van der Waals surface area (Å²) in [6.07, 6.45) is 5.14. The number of amides is 1. The van der Waals surface area contributed by atoms with Gasteiger partial charge in [-0.05, 0) is 39.8 Å². The molecule has 0 saturated carbocycles. The van der Waals surface area contributed by atoms with Crippen molar-refractivity contribution >= 4 is 33.7 Å². The molecule has 0 aliphatic carbocycles. The van der Waals surface area contributed by atoms with Crippen molar-refractivity contribution in [2.24, 2.45) is 0 Å². The summed E-state index contributed by atoms with van der Waals surface area (Å²) in [6.45, 7) is 8.20. The number of hydrogen-bond donors (Lipinski definition) is 1. The van der Waals surface area contributed by atoms with Crippen LogP contribution in [0.1, 0.15) is 50.1 Å². The molecule has 0 aliphatic heterocycles. The summed E-state index contributed by atoms with van der Waals surface area (Å²) >= 11 is 0. The summed E-state index contributed by atoms with van der Waals surface area (Å²) in [5.41, 5.74) is 4.26. The molecule has 4 heterocycles. The second-order valence-electron chi connectivity index (χ2n) is 8.62. The van der Waals surface area contributed by atoms with Crippen LogP contribution in [0.3, 0.4) is 0 Å². The highest BCUT2D eigenvalue weighted by Crippen LogP contribution is 2.27. The van der Waals surface area contributed by atoms with Crippen molar-refractivity contribution < 1.29 is 4.79 Å². The van der Waals surface area contributed by atoms with Gasteiger partial charge in [-0.3, -0.25) is 4.79 Å². The summed E-state index contributed by atoms with van der Waals surface area (Å²) in [5, 5.41) is 13.5. The first-order valence-electron chi connectivity index (χ1n) is 11.0. The number of carbonyl (C=O) groups is 1. The fraction of sp³-hybridized carbons (Fsp3) is 0.240. The normalized spacial score (nSPS) is 11.7. The third-order valence-electron chi connectivity index (χ3n) is 5.55. The molecule has 5 rings (SSSR count). The van der Waals surface area contributed by atoms with Crippen molar-refractivity contribution in [2.45, 2.75) is 39.8 Å². The topological polar surface area (TPSA) is 90.5 Å². The monoisotopic (exact) mass is 439 g/mol. The molecular weight excluding hydrogens is 414 g/mol. The largest absolute Gasteiger partial charge is 0.321 e. The number of pyridine rings is 2. The molecule has 0 radical (unpaired) electrons. The molecular formula is C25H25N7O. The zero-order chi connectivity index (χ0) is 23.1. The molecule has 0 bridgehead atoms. The number of rotatable bonds is 5. The van der Waals surface area contributed by atoms with E-state index in [1.807, 2.05) is 65.7 Å². The van der Waals surface area contributed by atoms with Crippen LogP contribution < -0.4 is 5.32 Å². The molecule has 33 heavy (non-hydrogen) atoms. The summed E-state index contributed by atoms with van der Waals surface area (Å²) < 4.78 is 3.70. The van der Waals surface area contributed by atoms with E-state index in [1.165, 1.54) is 0 Å². The summed E-state index contributed by atoms with van der Waals surface area (Å²) in [5.74, 6) is -0.236. The van der Waals surface area contributed by atoms with Crippen LogP contribution in [-0.2, 0) is 0 Å². The van der Waals surface area contributed by atoms with Crippen molar-refractivity contribution in [3.05, 3.63) is 66.6 Å². The molecule has 0 atom stereocenters.